The van der Waals surface area contributed by atoms with Crippen molar-refractivity contribution in [2.75, 3.05) is 13.7 Å². The number of benzene rings is 1. The Morgan fingerprint density at radius 3 is 2.88 bits per heavy atom. The normalized spacial score (nSPS) is 12.3. The average molecular weight is 417 g/mol. The Morgan fingerprint density at radius 1 is 1.35 bits per heavy atom. The molecule has 0 saturated heterocycles. The Kier molecular flexibility index (Phi) is 5.74. The first-order valence-corrected chi connectivity index (χ1v) is 9.28. The number of methoxy groups -OCH3 is 1. The van der Waals surface area contributed by atoms with Crippen LogP contribution >= 0.6 is 15.9 Å². The van der Waals surface area contributed by atoms with Crippen molar-refractivity contribution in [1.82, 2.24) is 9.97 Å². The maximum Gasteiger partial charge on any atom is 0.310 e. The zero-order valence-electron chi connectivity index (χ0n) is 15.0. The number of aromatic nitrogens is 2. The third-order valence-corrected chi connectivity index (χ3v) is 4.83. The standard InChI is InChI=1S/C20H21BrN2O3/c1-4-26-18(24)11-16-15-10-13(21)7-8-17(15)23-20(16)14-6-5-9-22-19(14)12(2)25-3/h5-10,12,23H,4,11H2,1-3H3/t12-/m0/s1. The zero-order valence-corrected chi connectivity index (χ0v) is 16.6. The van der Waals surface area contributed by atoms with Gasteiger partial charge in [-0.25, -0.2) is 0 Å². The Hall–Kier alpha value is -2.18. The van der Waals surface area contributed by atoms with E-state index in [0.717, 1.165) is 37.9 Å². The monoisotopic (exact) mass is 416 g/mol. The summed E-state index contributed by atoms with van der Waals surface area (Å²) in [6.45, 7) is 4.12. The first-order chi connectivity index (χ1) is 12.5. The molecule has 3 aromatic rings. The Balaban J connectivity index is 2.21. The molecular weight excluding hydrogens is 396 g/mol. The van der Waals surface area contributed by atoms with Crippen molar-refractivity contribution < 1.29 is 14.3 Å². The van der Waals surface area contributed by atoms with Crippen molar-refractivity contribution in [3.05, 3.63) is 52.3 Å². The van der Waals surface area contributed by atoms with E-state index in [9.17, 15) is 4.79 Å². The number of halogens is 1. The minimum atomic E-state index is -0.250. The highest BCUT2D eigenvalue weighted by Crippen LogP contribution is 2.35. The third-order valence-electron chi connectivity index (χ3n) is 4.34. The fourth-order valence-electron chi connectivity index (χ4n) is 3.05. The lowest BCUT2D eigenvalue weighted by Crippen LogP contribution is -2.09. The molecular formula is C20H21BrN2O3. The van der Waals surface area contributed by atoms with Gasteiger partial charge >= 0.3 is 5.97 Å². The number of rotatable bonds is 6. The van der Waals surface area contributed by atoms with Crippen LogP contribution in [-0.4, -0.2) is 29.7 Å². The number of esters is 1. The number of hydrogen-bond acceptors (Lipinski definition) is 4. The average Bonchev–Trinajstić information content (AvgIpc) is 2.99. The number of hydrogen-bond donors (Lipinski definition) is 1. The van der Waals surface area contributed by atoms with Crippen LogP contribution in [0.2, 0.25) is 0 Å². The van der Waals surface area contributed by atoms with E-state index < -0.39 is 0 Å². The van der Waals surface area contributed by atoms with Crippen molar-refractivity contribution >= 4 is 32.8 Å². The van der Waals surface area contributed by atoms with Gasteiger partial charge in [0, 0.05) is 34.2 Å². The molecule has 26 heavy (non-hydrogen) atoms. The van der Waals surface area contributed by atoms with Crippen LogP contribution in [0.5, 0.6) is 0 Å². The Labute approximate surface area is 160 Å². The number of carbonyl (C=O) groups is 1. The minimum absolute atomic E-state index is 0.167. The van der Waals surface area contributed by atoms with Crippen molar-refractivity contribution in [3.63, 3.8) is 0 Å². The fraction of sp³-hybridized carbons (Fsp3) is 0.300. The van der Waals surface area contributed by atoms with E-state index in [-0.39, 0.29) is 18.5 Å². The molecule has 0 unspecified atom stereocenters. The molecule has 2 aromatic heterocycles. The van der Waals surface area contributed by atoms with E-state index in [2.05, 4.69) is 25.9 Å². The van der Waals surface area contributed by atoms with Gasteiger partial charge in [0.2, 0.25) is 0 Å². The predicted molar refractivity (Wildman–Crippen MR) is 105 cm³/mol. The summed E-state index contributed by atoms with van der Waals surface area (Å²) < 4.78 is 11.6. The molecule has 0 fully saturated rings. The molecule has 0 aliphatic rings. The zero-order chi connectivity index (χ0) is 18.7. The maximum absolute atomic E-state index is 12.2. The van der Waals surface area contributed by atoms with Gasteiger partial charge in [0.25, 0.3) is 0 Å². The molecule has 0 radical (unpaired) electrons. The second kappa shape index (κ2) is 8.01. The van der Waals surface area contributed by atoms with Gasteiger partial charge in [0.15, 0.2) is 0 Å². The highest BCUT2D eigenvalue weighted by Gasteiger charge is 2.21. The lowest BCUT2D eigenvalue weighted by Gasteiger charge is -2.14. The number of nitrogens with one attached hydrogen (secondary N) is 1. The van der Waals surface area contributed by atoms with E-state index in [4.69, 9.17) is 9.47 Å². The number of ether oxygens (including phenoxy) is 2. The van der Waals surface area contributed by atoms with Crippen LogP contribution in [0.3, 0.4) is 0 Å². The molecule has 0 saturated carbocycles. The summed E-state index contributed by atoms with van der Waals surface area (Å²) in [7, 11) is 1.66. The molecule has 5 nitrogen and oxygen atoms in total. The van der Waals surface area contributed by atoms with Crippen LogP contribution in [0, 0.1) is 0 Å². The number of pyridine rings is 1. The van der Waals surface area contributed by atoms with Crippen LogP contribution in [0.15, 0.2) is 41.0 Å². The van der Waals surface area contributed by atoms with Crippen LogP contribution in [0.1, 0.15) is 31.2 Å². The van der Waals surface area contributed by atoms with Crippen molar-refractivity contribution in [3.8, 4) is 11.3 Å². The molecule has 0 aliphatic heterocycles. The summed E-state index contributed by atoms with van der Waals surface area (Å²) in [6.07, 6.45) is 1.77. The molecule has 0 spiro atoms. The van der Waals surface area contributed by atoms with E-state index in [1.165, 1.54) is 0 Å². The molecule has 1 N–H and O–H groups in total. The van der Waals surface area contributed by atoms with E-state index in [1.807, 2.05) is 44.2 Å². The molecule has 3 rings (SSSR count). The van der Waals surface area contributed by atoms with Gasteiger partial charge in [-0.05, 0) is 49.7 Å². The number of fused-ring (bicyclic) bond motifs is 1. The quantitative estimate of drug-likeness (QED) is 0.585. The molecule has 2 heterocycles. The molecule has 6 heteroatoms. The SMILES string of the molecule is CCOC(=O)Cc1c(-c2cccnc2[C@H](C)OC)[nH]c2ccc(Br)cc12. The highest BCUT2D eigenvalue weighted by atomic mass is 79.9. The first-order valence-electron chi connectivity index (χ1n) is 8.49. The molecule has 136 valence electrons. The summed E-state index contributed by atoms with van der Waals surface area (Å²) in [5.74, 6) is -0.250. The summed E-state index contributed by atoms with van der Waals surface area (Å²) >= 11 is 3.52. The summed E-state index contributed by atoms with van der Waals surface area (Å²) in [6, 6.07) is 9.86. The second-order valence-electron chi connectivity index (χ2n) is 5.96. The summed E-state index contributed by atoms with van der Waals surface area (Å²) in [5.41, 5.74) is 4.48. The molecule has 1 aromatic carbocycles. The third kappa shape index (κ3) is 3.66. The highest BCUT2D eigenvalue weighted by molar-refractivity contribution is 9.10. The largest absolute Gasteiger partial charge is 0.466 e. The van der Waals surface area contributed by atoms with Crippen LogP contribution in [0.25, 0.3) is 22.2 Å². The number of nitrogens with zero attached hydrogens (tertiary/aromatic N) is 1. The van der Waals surface area contributed by atoms with Crippen LogP contribution in [0.4, 0.5) is 0 Å². The van der Waals surface area contributed by atoms with Crippen molar-refractivity contribution in [1.29, 1.82) is 0 Å². The number of H-pyrrole nitrogens is 1. The van der Waals surface area contributed by atoms with E-state index in [1.54, 1.807) is 13.3 Å². The topological polar surface area (TPSA) is 64.2 Å². The Morgan fingerprint density at radius 2 is 2.15 bits per heavy atom. The number of carbonyl (C=O) groups excluding carboxylic acids is 1. The summed E-state index contributed by atoms with van der Waals surface area (Å²) in [4.78, 5) is 20.2. The van der Waals surface area contributed by atoms with Crippen LogP contribution < -0.4 is 0 Å². The van der Waals surface area contributed by atoms with E-state index in [0.29, 0.717) is 6.61 Å². The van der Waals surface area contributed by atoms with Gasteiger partial charge in [0.1, 0.15) is 0 Å². The van der Waals surface area contributed by atoms with Gasteiger partial charge in [-0.15, -0.1) is 0 Å². The van der Waals surface area contributed by atoms with Gasteiger partial charge in [-0.1, -0.05) is 15.9 Å². The predicted octanol–water partition coefficient (Wildman–Crippen LogP) is 4.81. The Bertz CT molecular complexity index is 936. The van der Waals surface area contributed by atoms with Crippen molar-refractivity contribution in [2.24, 2.45) is 0 Å². The van der Waals surface area contributed by atoms with Gasteiger partial charge in [-0.2, -0.15) is 0 Å². The fourth-order valence-corrected chi connectivity index (χ4v) is 3.42. The van der Waals surface area contributed by atoms with Crippen molar-refractivity contribution in [2.45, 2.75) is 26.4 Å². The van der Waals surface area contributed by atoms with Gasteiger partial charge < -0.3 is 14.5 Å². The molecule has 1 atom stereocenters. The molecule has 0 amide bonds. The van der Waals surface area contributed by atoms with Gasteiger partial charge in [0.05, 0.1) is 30.5 Å². The smallest absolute Gasteiger partial charge is 0.310 e. The lowest BCUT2D eigenvalue weighted by molar-refractivity contribution is -0.142. The molecule has 0 aliphatic carbocycles. The minimum Gasteiger partial charge on any atom is -0.466 e. The van der Waals surface area contributed by atoms with E-state index >= 15 is 0 Å². The van der Waals surface area contributed by atoms with Crippen LogP contribution in [-0.2, 0) is 20.7 Å². The molecule has 0 bridgehead atoms. The maximum atomic E-state index is 12.2. The number of aromatic amines is 1. The van der Waals surface area contributed by atoms with Gasteiger partial charge in [-0.3, -0.25) is 9.78 Å². The second-order valence-corrected chi connectivity index (χ2v) is 6.88. The lowest BCUT2D eigenvalue weighted by atomic mass is 10.00. The summed E-state index contributed by atoms with van der Waals surface area (Å²) in [5, 5.41) is 0.988. The first kappa shape index (κ1) is 18.6.